The topological polar surface area (TPSA) is 29.1 Å². The van der Waals surface area contributed by atoms with Gasteiger partial charge in [0.05, 0.1) is 5.92 Å². The highest BCUT2D eigenvalue weighted by molar-refractivity contribution is 6.03. The monoisotopic (exact) mass is 241 g/mol. The van der Waals surface area contributed by atoms with Crippen LogP contribution in [0.5, 0.6) is 0 Å². The standard InChI is InChI=1S/C15H12FNO/c16-11-5-3-4-10(8-11)15(18)13-9-17-14-7-2-1-6-12(13)14/h1-8,13,17H,9H2. The zero-order chi connectivity index (χ0) is 12.5. The molecule has 1 unspecified atom stereocenters. The van der Waals surface area contributed by atoms with Crippen molar-refractivity contribution >= 4 is 11.5 Å². The second-order valence-electron chi connectivity index (χ2n) is 4.40. The van der Waals surface area contributed by atoms with Gasteiger partial charge in [-0.15, -0.1) is 0 Å². The Morgan fingerprint density at radius 2 is 2.00 bits per heavy atom. The number of nitrogens with one attached hydrogen (secondary N) is 1. The summed E-state index contributed by atoms with van der Waals surface area (Å²) in [7, 11) is 0. The maximum Gasteiger partial charge on any atom is 0.172 e. The summed E-state index contributed by atoms with van der Waals surface area (Å²) in [6, 6.07) is 13.6. The summed E-state index contributed by atoms with van der Waals surface area (Å²) in [5.74, 6) is -0.630. The van der Waals surface area contributed by atoms with E-state index in [1.807, 2.05) is 24.3 Å². The molecule has 0 aliphatic carbocycles. The number of benzene rings is 2. The lowest BCUT2D eigenvalue weighted by molar-refractivity contribution is 0.0966. The van der Waals surface area contributed by atoms with Crippen LogP contribution < -0.4 is 5.32 Å². The molecule has 2 aromatic carbocycles. The number of anilines is 1. The van der Waals surface area contributed by atoms with E-state index in [9.17, 15) is 9.18 Å². The Labute approximate surface area is 104 Å². The fourth-order valence-electron chi connectivity index (χ4n) is 2.36. The molecular weight excluding hydrogens is 229 g/mol. The first-order chi connectivity index (χ1) is 8.75. The van der Waals surface area contributed by atoms with Crippen molar-refractivity contribution in [1.29, 1.82) is 0 Å². The minimum atomic E-state index is -0.375. The van der Waals surface area contributed by atoms with Crippen LogP contribution in [0.1, 0.15) is 21.8 Å². The van der Waals surface area contributed by atoms with Gasteiger partial charge in [-0.2, -0.15) is 0 Å². The molecule has 90 valence electrons. The van der Waals surface area contributed by atoms with Crippen LogP contribution in [0.2, 0.25) is 0 Å². The molecular formula is C15H12FNO. The Hall–Kier alpha value is -2.16. The van der Waals surface area contributed by atoms with E-state index in [2.05, 4.69) is 5.32 Å². The first-order valence-electron chi connectivity index (χ1n) is 5.88. The van der Waals surface area contributed by atoms with E-state index in [0.717, 1.165) is 11.3 Å². The number of carbonyl (C=O) groups is 1. The highest BCUT2D eigenvalue weighted by atomic mass is 19.1. The SMILES string of the molecule is O=C(c1cccc(F)c1)C1CNc2ccccc21. The average molecular weight is 241 g/mol. The quantitative estimate of drug-likeness (QED) is 0.818. The fraction of sp³-hybridized carbons (Fsp3) is 0.133. The van der Waals surface area contributed by atoms with E-state index in [-0.39, 0.29) is 17.5 Å². The highest BCUT2D eigenvalue weighted by Crippen LogP contribution is 2.33. The van der Waals surface area contributed by atoms with Gasteiger partial charge >= 0.3 is 0 Å². The Kier molecular flexibility index (Phi) is 2.59. The summed E-state index contributed by atoms with van der Waals surface area (Å²) >= 11 is 0. The van der Waals surface area contributed by atoms with Gasteiger partial charge in [-0.05, 0) is 23.8 Å². The number of carbonyl (C=O) groups excluding carboxylic acids is 1. The van der Waals surface area contributed by atoms with Crippen LogP contribution in [0.15, 0.2) is 48.5 Å². The summed E-state index contributed by atoms with van der Waals surface area (Å²) in [6.07, 6.45) is 0. The lowest BCUT2D eigenvalue weighted by Gasteiger charge is -2.09. The van der Waals surface area contributed by atoms with Gasteiger partial charge in [-0.3, -0.25) is 4.79 Å². The maximum absolute atomic E-state index is 13.1. The molecule has 3 heteroatoms. The molecule has 1 aliphatic rings. The van der Waals surface area contributed by atoms with E-state index in [1.54, 1.807) is 12.1 Å². The van der Waals surface area contributed by atoms with E-state index >= 15 is 0 Å². The van der Waals surface area contributed by atoms with Gasteiger partial charge in [-0.25, -0.2) is 4.39 Å². The van der Waals surface area contributed by atoms with Gasteiger partial charge in [0.1, 0.15) is 5.82 Å². The summed E-state index contributed by atoms with van der Waals surface area (Å²) in [6.45, 7) is 0.578. The Balaban J connectivity index is 1.96. The normalized spacial score (nSPS) is 17.1. The molecule has 0 radical (unpaired) electrons. The van der Waals surface area contributed by atoms with Crippen LogP contribution in [0, 0.1) is 5.82 Å². The molecule has 0 amide bonds. The Morgan fingerprint density at radius 3 is 2.83 bits per heavy atom. The van der Waals surface area contributed by atoms with Gasteiger partial charge in [0.2, 0.25) is 0 Å². The number of para-hydroxylation sites is 1. The lowest BCUT2D eigenvalue weighted by Crippen LogP contribution is -2.14. The molecule has 2 nitrogen and oxygen atoms in total. The number of ketones is 1. The van der Waals surface area contributed by atoms with Crippen molar-refractivity contribution in [2.45, 2.75) is 5.92 Å². The van der Waals surface area contributed by atoms with Crippen molar-refractivity contribution < 1.29 is 9.18 Å². The van der Waals surface area contributed by atoms with Crippen molar-refractivity contribution in [1.82, 2.24) is 0 Å². The summed E-state index contributed by atoms with van der Waals surface area (Å²) in [5, 5.41) is 3.20. The molecule has 1 aliphatic heterocycles. The lowest BCUT2D eigenvalue weighted by atomic mass is 9.92. The molecule has 18 heavy (non-hydrogen) atoms. The van der Waals surface area contributed by atoms with Crippen LogP contribution in [-0.2, 0) is 0 Å². The Morgan fingerprint density at radius 1 is 1.17 bits per heavy atom. The average Bonchev–Trinajstić information content (AvgIpc) is 2.82. The molecule has 0 fully saturated rings. The number of fused-ring (bicyclic) bond motifs is 1. The van der Waals surface area contributed by atoms with Crippen LogP contribution in [-0.4, -0.2) is 12.3 Å². The smallest absolute Gasteiger partial charge is 0.172 e. The van der Waals surface area contributed by atoms with Gasteiger partial charge in [-0.1, -0.05) is 30.3 Å². The third kappa shape index (κ3) is 1.78. The van der Waals surface area contributed by atoms with Crippen molar-refractivity contribution in [2.75, 3.05) is 11.9 Å². The first-order valence-corrected chi connectivity index (χ1v) is 5.88. The molecule has 0 aromatic heterocycles. The van der Waals surface area contributed by atoms with Crippen LogP contribution in [0.3, 0.4) is 0 Å². The van der Waals surface area contributed by atoms with Gasteiger partial charge in [0.25, 0.3) is 0 Å². The predicted octanol–water partition coefficient (Wildman–Crippen LogP) is 3.22. The van der Waals surface area contributed by atoms with Crippen LogP contribution in [0.25, 0.3) is 0 Å². The van der Waals surface area contributed by atoms with E-state index < -0.39 is 0 Å². The van der Waals surface area contributed by atoms with Crippen molar-refractivity contribution in [3.8, 4) is 0 Å². The molecule has 1 atom stereocenters. The molecule has 0 saturated carbocycles. The van der Waals surface area contributed by atoms with Crippen molar-refractivity contribution in [2.24, 2.45) is 0 Å². The number of rotatable bonds is 2. The van der Waals surface area contributed by atoms with Crippen LogP contribution in [0.4, 0.5) is 10.1 Å². The number of hydrogen-bond donors (Lipinski definition) is 1. The minimum absolute atomic E-state index is 0.0352. The van der Waals surface area contributed by atoms with Gasteiger partial charge in [0, 0.05) is 17.8 Å². The number of halogens is 1. The van der Waals surface area contributed by atoms with E-state index in [1.165, 1.54) is 12.1 Å². The predicted molar refractivity (Wildman–Crippen MR) is 68.4 cm³/mol. The Bertz CT molecular complexity index is 609. The second kappa shape index (κ2) is 4.26. The van der Waals surface area contributed by atoms with Gasteiger partial charge < -0.3 is 5.32 Å². The first kappa shape index (κ1) is 11.0. The number of Topliss-reactive ketones (excluding diaryl/α,β-unsaturated/α-hetero) is 1. The summed E-state index contributed by atoms with van der Waals surface area (Å²) in [5.41, 5.74) is 2.41. The molecule has 2 aromatic rings. The second-order valence-corrected chi connectivity index (χ2v) is 4.40. The highest BCUT2D eigenvalue weighted by Gasteiger charge is 2.28. The number of hydrogen-bond acceptors (Lipinski definition) is 2. The molecule has 1 heterocycles. The summed E-state index contributed by atoms with van der Waals surface area (Å²) < 4.78 is 13.1. The minimum Gasteiger partial charge on any atom is -0.384 e. The molecule has 3 rings (SSSR count). The van der Waals surface area contributed by atoms with Crippen LogP contribution >= 0.6 is 0 Å². The fourth-order valence-corrected chi connectivity index (χ4v) is 2.36. The molecule has 0 bridgehead atoms. The third-order valence-corrected chi connectivity index (χ3v) is 3.26. The van der Waals surface area contributed by atoms with E-state index in [0.29, 0.717) is 12.1 Å². The van der Waals surface area contributed by atoms with E-state index in [4.69, 9.17) is 0 Å². The molecule has 0 spiro atoms. The van der Waals surface area contributed by atoms with Crippen molar-refractivity contribution in [3.05, 3.63) is 65.5 Å². The van der Waals surface area contributed by atoms with Crippen molar-refractivity contribution in [3.63, 3.8) is 0 Å². The summed E-state index contributed by atoms with van der Waals surface area (Å²) in [4.78, 5) is 12.4. The zero-order valence-electron chi connectivity index (χ0n) is 9.69. The maximum atomic E-state index is 13.1. The van der Waals surface area contributed by atoms with Gasteiger partial charge in [0.15, 0.2) is 5.78 Å². The zero-order valence-corrected chi connectivity index (χ0v) is 9.69. The molecule has 0 saturated heterocycles. The molecule has 1 N–H and O–H groups in total. The third-order valence-electron chi connectivity index (χ3n) is 3.26. The largest absolute Gasteiger partial charge is 0.384 e.